The molecule has 0 aliphatic carbocycles. The normalized spacial score (nSPS) is 11.4. The third kappa shape index (κ3) is 4.24. The summed E-state index contributed by atoms with van der Waals surface area (Å²) in [5.41, 5.74) is 2.41. The van der Waals surface area contributed by atoms with Gasteiger partial charge in [-0.05, 0) is 24.3 Å². The molecule has 2 aromatic carbocycles. The van der Waals surface area contributed by atoms with E-state index in [1.165, 1.54) is 0 Å². The van der Waals surface area contributed by atoms with Crippen molar-refractivity contribution in [1.29, 1.82) is 0 Å². The van der Waals surface area contributed by atoms with Crippen molar-refractivity contribution in [2.75, 3.05) is 13.2 Å². The topological polar surface area (TPSA) is 83.4 Å². The van der Waals surface area contributed by atoms with E-state index in [0.717, 1.165) is 16.5 Å². The summed E-state index contributed by atoms with van der Waals surface area (Å²) >= 11 is 0. The molecule has 3 aromatic rings. The van der Waals surface area contributed by atoms with Crippen molar-refractivity contribution in [2.24, 2.45) is 7.05 Å². The Kier molecular flexibility index (Phi) is 5.68. The zero-order valence-electron chi connectivity index (χ0n) is 15.0. The lowest BCUT2D eigenvalue weighted by Crippen LogP contribution is -2.36. The fourth-order valence-corrected chi connectivity index (χ4v) is 2.85. The van der Waals surface area contributed by atoms with Gasteiger partial charge in [0, 0.05) is 41.8 Å². The van der Waals surface area contributed by atoms with Crippen LogP contribution in [0.5, 0.6) is 0 Å². The van der Waals surface area contributed by atoms with Crippen LogP contribution in [-0.4, -0.2) is 34.6 Å². The number of rotatable bonds is 6. The van der Waals surface area contributed by atoms with Crippen molar-refractivity contribution in [3.05, 3.63) is 77.6 Å². The van der Waals surface area contributed by atoms with Gasteiger partial charge >= 0.3 is 0 Å². The number of nitrogens with zero attached hydrogens (tertiary/aromatic N) is 1. The lowest BCUT2D eigenvalue weighted by molar-refractivity contribution is -0.117. The summed E-state index contributed by atoms with van der Waals surface area (Å²) in [6.07, 6.45) is 3.55. The minimum atomic E-state index is -0.457. The van der Waals surface area contributed by atoms with Crippen LogP contribution in [0.1, 0.15) is 15.9 Å². The lowest BCUT2D eigenvalue weighted by atomic mass is 10.1. The molecular formula is C21H21N3O3. The van der Waals surface area contributed by atoms with Gasteiger partial charge in [0.05, 0.1) is 6.61 Å². The third-order valence-electron chi connectivity index (χ3n) is 4.15. The molecule has 0 fully saturated rings. The van der Waals surface area contributed by atoms with E-state index in [0.29, 0.717) is 5.56 Å². The van der Waals surface area contributed by atoms with Gasteiger partial charge in [0.2, 0.25) is 0 Å². The molecule has 0 saturated carbocycles. The number of aryl methyl sites for hydroxylation is 1. The van der Waals surface area contributed by atoms with Gasteiger partial charge in [0.1, 0.15) is 5.70 Å². The summed E-state index contributed by atoms with van der Waals surface area (Å²) in [4.78, 5) is 25.0. The Morgan fingerprint density at radius 2 is 1.78 bits per heavy atom. The number of amides is 2. The van der Waals surface area contributed by atoms with Gasteiger partial charge in [0.15, 0.2) is 0 Å². The molecule has 0 radical (unpaired) electrons. The zero-order valence-corrected chi connectivity index (χ0v) is 15.0. The molecule has 1 heterocycles. The summed E-state index contributed by atoms with van der Waals surface area (Å²) in [7, 11) is 1.92. The second-order valence-corrected chi connectivity index (χ2v) is 6.07. The van der Waals surface area contributed by atoms with Crippen molar-refractivity contribution in [3.63, 3.8) is 0 Å². The Hall–Kier alpha value is -3.38. The van der Waals surface area contributed by atoms with Crippen molar-refractivity contribution in [1.82, 2.24) is 15.2 Å². The van der Waals surface area contributed by atoms with Gasteiger partial charge in [0.25, 0.3) is 11.8 Å². The first kappa shape index (κ1) is 18.4. The second kappa shape index (κ2) is 8.33. The van der Waals surface area contributed by atoms with Gasteiger partial charge in [-0.1, -0.05) is 36.4 Å². The Bertz CT molecular complexity index is 990. The summed E-state index contributed by atoms with van der Waals surface area (Å²) in [5.74, 6) is -0.831. The number of hydrogen-bond donors (Lipinski definition) is 3. The summed E-state index contributed by atoms with van der Waals surface area (Å²) in [6, 6.07) is 16.5. The van der Waals surface area contributed by atoms with Crippen LogP contribution in [0.25, 0.3) is 17.0 Å². The Labute approximate surface area is 157 Å². The number of fused-ring (bicyclic) bond motifs is 1. The molecule has 0 spiro atoms. The van der Waals surface area contributed by atoms with Crippen molar-refractivity contribution in [3.8, 4) is 0 Å². The molecule has 2 amide bonds. The van der Waals surface area contributed by atoms with E-state index in [4.69, 9.17) is 5.11 Å². The van der Waals surface area contributed by atoms with Crippen LogP contribution < -0.4 is 10.6 Å². The number of nitrogens with one attached hydrogen (secondary N) is 2. The molecule has 0 unspecified atom stereocenters. The highest BCUT2D eigenvalue weighted by molar-refractivity contribution is 6.06. The van der Waals surface area contributed by atoms with Gasteiger partial charge in [-0.2, -0.15) is 0 Å². The van der Waals surface area contributed by atoms with Crippen LogP contribution in [0, 0.1) is 0 Å². The van der Waals surface area contributed by atoms with E-state index in [1.807, 2.05) is 48.1 Å². The number of aliphatic hydroxyl groups excluding tert-OH is 1. The Balaban J connectivity index is 1.97. The summed E-state index contributed by atoms with van der Waals surface area (Å²) in [5, 5.41) is 15.2. The van der Waals surface area contributed by atoms with E-state index in [9.17, 15) is 9.59 Å². The standard InChI is InChI=1S/C21H21N3O3/c1-24-14-16(17-9-5-6-10-19(17)24)13-18(21(27)22-11-12-25)23-20(26)15-7-3-2-4-8-15/h2-10,13-14,25H,11-12H2,1H3,(H,22,27)(H,23,26)/b18-13+. The number of hydrogen-bond acceptors (Lipinski definition) is 3. The van der Waals surface area contributed by atoms with Gasteiger partial charge < -0.3 is 20.3 Å². The van der Waals surface area contributed by atoms with E-state index >= 15 is 0 Å². The summed E-state index contributed by atoms with van der Waals surface area (Å²) in [6.45, 7) is -0.0766. The first-order valence-corrected chi connectivity index (χ1v) is 8.61. The molecular weight excluding hydrogens is 342 g/mol. The second-order valence-electron chi connectivity index (χ2n) is 6.07. The first-order chi connectivity index (χ1) is 13.1. The first-order valence-electron chi connectivity index (χ1n) is 8.61. The third-order valence-corrected chi connectivity index (χ3v) is 4.15. The predicted octanol–water partition coefficient (Wildman–Crippen LogP) is 2.06. The van der Waals surface area contributed by atoms with E-state index in [1.54, 1.807) is 30.3 Å². The quantitative estimate of drug-likeness (QED) is 0.586. The molecule has 6 heteroatoms. The van der Waals surface area contributed by atoms with Crippen LogP contribution in [0.2, 0.25) is 0 Å². The van der Waals surface area contributed by atoms with Crippen LogP contribution >= 0.6 is 0 Å². The molecule has 0 saturated heterocycles. The highest BCUT2D eigenvalue weighted by Gasteiger charge is 2.15. The smallest absolute Gasteiger partial charge is 0.267 e. The molecule has 3 rings (SSSR count). The minimum Gasteiger partial charge on any atom is -0.395 e. The number of para-hydroxylation sites is 1. The highest BCUT2D eigenvalue weighted by Crippen LogP contribution is 2.22. The molecule has 0 atom stereocenters. The maximum Gasteiger partial charge on any atom is 0.267 e. The van der Waals surface area contributed by atoms with E-state index in [2.05, 4.69) is 10.6 Å². The maximum atomic E-state index is 12.5. The monoisotopic (exact) mass is 363 g/mol. The fraction of sp³-hybridized carbons (Fsp3) is 0.143. The highest BCUT2D eigenvalue weighted by atomic mass is 16.3. The maximum absolute atomic E-state index is 12.5. The van der Waals surface area contributed by atoms with Gasteiger partial charge in [-0.25, -0.2) is 0 Å². The molecule has 1 aromatic heterocycles. The van der Waals surface area contributed by atoms with Crippen LogP contribution in [0.15, 0.2) is 66.5 Å². The molecule has 0 aliphatic rings. The van der Waals surface area contributed by atoms with Crippen molar-refractivity contribution in [2.45, 2.75) is 0 Å². The van der Waals surface area contributed by atoms with Crippen molar-refractivity contribution < 1.29 is 14.7 Å². The molecule has 138 valence electrons. The lowest BCUT2D eigenvalue weighted by Gasteiger charge is -2.10. The summed E-state index contributed by atoms with van der Waals surface area (Å²) < 4.78 is 1.96. The average Bonchev–Trinajstić information content (AvgIpc) is 3.02. The largest absolute Gasteiger partial charge is 0.395 e. The predicted molar refractivity (Wildman–Crippen MR) is 105 cm³/mol. The van der Waals surface area contributed by atoms with Crippen molar-refractivity contribution >= 4 is 28.8 Å². The minimum absolute atomic E-state index is 0.104. The van der Waals surface area contributed by atoms with Crippen LogP contribution in [0.4, 0.5) is 0 Å². The molecule has 3 N–H and O–H groups in total. The SMILES string of the molecule is Cn1cc(/C=C(/NC(=O)c2ccccc2)C(=O)NCCO)c2ccccc21. The van der Waals surface area contributed by atoms with Crippen LogP contribution in [0.3, 0.4) is 0 Å². The number of carbonyl (C=O) groups excluding carboxylic acids is 2. The van der Waals surface area contributed by atoms with Gasteiger partial charge in [-0.3, -0.25) is 9.59 Å². The molecule has 0 bridgehead atoms. The van der Waals surface area contributed by atoms with Gasteiger partial charge in [-0.15, -0.1) is 0 Å². The van der Waals surface area contributed by atoms with E-state index in [-0.39, 0.29) is 24.8 Å². The average molecular weight is 363 g/mol. The molecule has 6 nitrogen and oxygen atoms in total. The number of aromatic nitrogens is 1. The number of benzene rings is 2. The van der Waals surface area contributed by atoms with E-state index < -0.39 is 5.91 Å². The Morgan fingerprint density at radius 3 is 2.52 bits per heavy atom. The zero-order chi connectivity index (χ0) is 19.2. The number of carbonyl (C=O) groups is 2. The molecule has 27 heavy (non-hydrogen) atoms. The number of aliphatic hydroxyl groups is 1. The fourth-order valence-electron chi connectivity index (χ4n) is 2.85. The van der Waals surface area contributed by atoms with Crippen LogP contribution in [-0.2, 0) is 11.8 Å². The molecule has 0 aliphatic heterocycles. The Morgan fingerprint density at radius 1 is 1.07 bits per heavy atom.